The molecule has 0 radical (unpaired) electrons. The van der Waals surface area contributed by atoms with Crippen LogP contribution in [0.4, 0.5) is 0 Å². The third-order valence-electron chi connectivity index (χ3n) is 4.43. The van der Waals surface area contributed by atoms with Gasteiger partial charge in [0, 0.05) is 25.2 Å². The summed E-state index contributed by atoms with van der Waals surface area (Å²) in [6, 6.07) is 8.20. The van der Waals surface area contributed by atoms with Crippen LogP contribution in [0.2, 0.25) is 0 Å². The number of nitriles is 1. The van der Waals surface area contributed by atoms with E-state index in [0.29, 0.717) is 5.54 Å². The van der Waals surface area contributed by atoms with Gasteiger partial charge in [-0.05, 0) is 57.0 Å². The van der Waals surface area contributed by atoms with Crippen LogP contribution in [0.3, 0.4) is 0 Å². The monoisotopic (exact) mass is 257 g/mol. The molecule has 1 heterocycles. The fourth-order valence-corrected chi connectivity index (χ4v) is 2.64. The molecule has 0 spiro atoms. The summed E-state index contributed by atoms with van der Waals surface area (Å²) in [6.07, 6.45) is 2.39. The van der Waals surface area contributed by atoms with E-state index in [0.717, 1.165) is 25.2 Å². The Morgan fingerprint density at radius 3 is 2.58 bits per heavy atom. The van der Waals surface area contributed by atoms with Crippen LogP contribution in [-0.4, -0.2) is 30.6 Å². The van der Waals surface area contributed by atoms with Crippen molar-refractivity contribution in [1.29, 1.82) is 5.26 Å². The smallest absolute Gasteiger partial charge is 0.0991 e. The average Bonchev–Trinajstić information content (AvgIpc) is 2.43. The molecule has 0 saturated carbocycles. The zero-order chi connectivity index (χ0) is 13.9. The molecule has 0 atom stereocenters. The average molecular weight is 257 g/mol. The Morgan fingerprint density at radius 1 is 1.37 bits per heavy atom. The molecule has 1 fully saturated rings. The normalized spacial score (nSPS) is 19.1. The number of piperidine rings is 1. The molecule has 1 saturated heterocycles. The number of rotatable bonds is 3. The molecule has 3 nitrogen and oxygen atoms in total. The highest BCUT2D eigenvalue weighted by molar-refractivity contribution is 5.37. The number of aryl methyl sites for hydroxylation is 1. The fourth-order valence-electron chi connectivity index (χ4n) is 2.64. The summed E-state index contributed by atoms with van der Waals surface area (Å²) in [5.74, 6) is 0. The molecule has 0 bridgehead atoms. The Kier molecular flexibility index (Phi) is 4.24. The minimum Gasteiger partial charge on any atom is -0.314 e. The Hall–Kier alpha value is -1.37. The summed E-state index contributed by atoms with van der Waals surface area (Å²) in [6.45, 7) is 7.67. The molecule has 1 aromatic carbocycles. The van der Waals surface area contributed by atoms with E-state index in [-0.39, 0.29) is 0 Å². The van der Waals surface area contributed by atoms with E-state index in [2.05, 4.69) is 43.2 Å². The van der Waals surface area contributed by atoms with Gasteiger partial charge in [0.2, 0.25) is 0 Å². The van der Waals surface area contributed by atoms with Crippen molar-refractivity contribution in [3.63, 3.8) is 0 Å². The van der Waals surface area contributed by atoms with Crippen molar-refractivity contribution in [1.82, 2.24) is 10.2 Å². The first-order chi connectivity index (χ1) is 9.06. The van der Waals surface area contributed by atoms with Gasteiger partial charge in [-0.25, -0.2) is 0 Å². The van der Waals surface area contributed by atoms with E-state index in [1.165, 1.54) is 24.0 Å². The van der Waals surface area contributed by atoms with Gasteiger partial charge in [-0.1, -0.05) is 6.07 Å². The van der Waals surface area contributed by atoms with Crippen molar-refractivity contribution in [2.24, 2.45) is 0 Å². The van der Waals surface area contributed by atoms with Gasteiger partial charge in [-0.15, -0.1) is 0 Å². The minimum atomic E-state index is 0.302. The predicted octanol–water partition coefficient (Wildman–Crippen LogP) is 2.44. The Bertz CT molecular complexity index is 479. The largest absolute Gasteiger partial charge is 0.314 e. The van der Waals surface area contributed by atoms with Crippen LogP contribution in [0.5, 0.6) is 0 Å². The molecule has 1 aliphatic heterocycles. The van der Waals surface area contributed by atoms with E-state index in [4.69, 9.17) is 5.26 Å². The summed E-state index contributed by atoms with van der Waals surface area (Å²) in [7, 11) is 2.06. The van der Waals surface area contributed by atoms with E-state index in [1.807, 2.05) is 12.1 Å². The Labute approximate surface area is 116 Å². The molecule has 1 aliphatic rings. The van der Waals surface area contributed by atoms with Gasteiger partial charge in [-0.3, -0.25) is 4.90 Å². The van der Waals surface area contributed by atoms with Gasteiger partial charge in [0.25, 0.3) is 0 Å². The van der Waals surface area contributed by atoms with E-state index >= 15 is 0 Å². The maximum atomic E-state index is 8.89. The number of nitrogens with zero attached hydrogens (tertiary/aromatic N) is 2. The van der Waals surface area contributed by atoms with Crippen molar-refractivity contribution in [3.8, 4) is 6.07 Å². The molecule has 102 valence electrons. The zero-order valence-corrected chi connectivity index (χ0v) is 12.2. The number of hydrogen-bond acceptors (Lipinski definition) is 3. The molecular formula is C16H23N3. The Balaban J connectivity index is 1.98. The summed E-state index contributed by atoms with van der Waals surface area (Å²) in [5.41, 5.74) is 3.62. The van der Waals surface area contributed by atoms with Gasteiger partial charge in [-0.2, -0.15) is 5.26 Å². The molecular weight excluding hydrogens is 234 g/mol. The first-order valence-corrected chi connectivity index (χ1v) is 6.97. The van der Waals surface area contributed by atoms with Crippen molar-refractivity contribution >= 4 is 0 Å². The summed E-state index contributed by atoms with van der Waals surface area (Å²) >= 11 is 0. The third kappa shape index (κ3) is 3.34. The SMILES string of the molecule is CNC1(C)CCN(Cc2ccc(C#N)cc2C)CC1. The maximum Gasteiger partial charge on any atom is 0.0991 e. The second-order valence-corrected chi connectivity index (χ2v) is 5.84. The van der Waals surface area contributed by atoms with E-state index < -0.39 is 0 Å². The molecule has 2 rings (SSSR count). The zero-order valence-electron chi connectivity index (χ0n) is 12.2. The molecule has 0 amide bonds. The van der Waals surface area contributed by atoms with Crippen LogP contribution < -0.4 is 5.32 Å². The van der Waals surface area contributed by atoms with Crippen molar-refractivity contribution in [2.75, 3.05) is 20.1 Å². The fraction of sp³-hybridized carbons (Fsp3) is 0.562. The molecule has 0 unspecified atom stereocenters. The minimum absolute atomic E-state index is 0.302. The molecule has 3 heteroatoms. The highest BCUT2D eigenvalue weighted by Gasteiger charge is 2.28. The summed E-state index contributed by atoms with van der Waals surface area (Å²) < 4.78 is 0. The standard InChI is InChI=1S/C16H23N3/c1-13-10-14(11-17)4-5-15(13)12-19-8-6-16(2,18-3)7-9-19/h4-5,10,18H,6-9,12H2,1-3H3. The van der Waals surface area contributed by atoms with Gasteiger partial charge in [0.1, 0.15) is 0 Å². The molecule has 0 aromatic heterocycles. The maximum absolute atomic E-state index is 8.89. The third-order valence-corrected chi connectivity index (χ3v) is 4.43. The van der Waals surface area contributed by atoms with Gasteiger partial charge in [0.05, 0.1) is 11.6 Å². The summed E-state index contributed by atoms with van der Waals surface area (Å²) in [5, 5.41) is 12.3. The number of hydrogen-bond donors (Lipinski definition) is 1. The van der Waals surface area contributed by atoms with E-state index in [1.54, 1.807) is 0 Å². The van der Waals surface area contributed by atoms with Crippen LogP contribution in [-0.2, 0) is 6.54 Å². The van der Waals surface area contributed by atoms with Crippen molar-refractivity contribution in [2.45, 2.75) is 38.8 Å². The lowest BCUT2D eigenvalue weighted by atomic mass is 9.89. The highest BCUT2D eigenvalue weighted by Crippen LogP contribution is 2.23. The number of benzene rings is 1. The predicted molar refractivity (Wildman–Crippen MR) is 77.9 cm³/mol. The van der Waals surface area contributed by atoms with Crippen molar-refractivity contribution < 1.29 is 0 Å². The molecule has 1 N–H and O–H groups in total. The topological polar surface area (TPSA) is 39.1 Å². The quantitative estimate of drug-likeness (QED) is 0.904. The van der Waals surface area contributed by atoms with Gasteiger partial charge < -0.3 is 5.32 Å². The Morgan fingerprint density at radius 2 is 2.05 bits per heavy atom. The van der Waals surface area contributed by atoms with Gasteiger partial charge in [0.15, 0.2) is 0 Å². The molecule has 19 heavy (non-hydrogen) atoms. The lowest BCUT2D eigenvalue weighted by Gasteiger charge is -2.39. The second kappa shape index (κ2) is 5.73. The molecule has 1 aromatic rings. The van der Waals surface area contributed by atoms with Crippen LogP contribution in [0.25, 0.3) is 0 Å². The first kappa shape index (κ1) is 14.0. The second-order valence-electron chi connectivity index (χ2n) is 5.84. The van der Waals surface area contributed by atoms with E-state index in [9.17, 15) is 0 Å². The van der Waals surface area contributed by atoms with Crippen LogP contribution in [0.1, 0.15) is 36.5 Å². The van der Waals surface area contributed by atoms with Crippen LogP contribution in [0.15, 0.2) is 18.2 Å². The summed E-state index contributed by atoms with van der Waals surface area (Å²) in [4.78, 5) is 2.51. The molecule has 0 aliphatic carbocycles. The highest BCUT2D eigenvalue weighted by atomic mass is 15.1. The first-order valence-electron chi connectivity index (χ1n) is 6.97. The lowest BCUT2D eigenvalue weighted by Crippen LogP contribution is -2.49. The van der Waals surface area contributed by atoms with Gasteiger partial charge >= 0.3 is 0 Å². The van der Waals surface area contributed by atoms with Crippen LogP contribution in [0, 0.1) is 18.3 Å². The lowest BCUT2D eigenvalue weighted by molar-refractivity contribution is 0.146. The van der Waals surface area contributed by atoms with Crippen LogP contribution >= 0.6 is 0 Å². The number of nitrogens with one attached hydrogen (secondary N) is 1. The number of likely N-dealkylation sites (tertiary alicyclic amines) is 1. The van der Waals surface area contributed by atoms with Crippen molar-refractivity contribution in [3.05, 3.63) is 34.9 Å².